The summed E-state index contributed by atoms with van der Waals surface area (Å²) < 4.78 is 41.0. The number of hydrogen-bond donors (Lipinski definition) is 2. The molecule has 10 heteroatoms. The van der Waals surface area contributed by atoms with Crippen molar-refractivity contribution in [2.75, 3.05) is 31.3 Å². The smallest absolute Gasteiger partial charge is 0.387 e. The minimum atomic E-state index is -2.94. The molecule has 8 nitrogen and oxygen atoms in total. The zero-order valence-corrected chi connectivity index (χ0v) is 18.5. The lowest BCUT2D eigenvalue weighted by Crippen LogP contribution is -2.36. The molecule has 3 rings (SSSR count). The van der Waals surface area contributed by atoms with Crippen LogP contribution in [0.5, 0.6) is 17.2 Å². The van der Waals surface area contributed by atoms with E-state index in [-0.39, 0.29) is 19.1 Å². The predicted octanol–water partition coefficient (Wildman–Crippen LogP) is 3.51. The number of halogens is 2. The first-order chi connectivity index (χ1) is 15.5. The first kappa shape index (κ1) is 23.4. The molecule has 0 saturated heterocycles. The molecular weight excluding hydrogens is 420 g/mol. The van der Waals surface area contributed by atoms with Crippen molar-refractivity contribution in [2.24, 2.45) is 4.99 Å². The van der Waals surface area contributed by atoms with Crippen LogP contribution in [-0.2, 0) is 13.1 Å². The van der Waals surface area contributed by atoms with Gasteiger partial charge in [0, 0.05) is 44.0 Å². The van der Waals surface area contributed by atoms with E-state index in [1.54, 1.807) is 6.07 Å². The van der Waals surface area contributed by atoms with Crippen LogP contribution >= 0.6 is 0 Å². The maximum absolute atomic E-state index is 12.8. The molecule has 2 heterocycles. The van der Waals surface area contributed by atoms with Gasteiger partial charge in [-0.05, 0) is 38.5 Å². The molecule has 0 aliphatic carbocycles. The number of pyridine rings is 1. The summed E-state index contributed by atoms with van der Waals surface area (Å²) in [4.78, 5) is 11.3. The second kappa shape index (κ2) is 11.4. The van der Waals surface area contributed by atoms with Gasteiger partial charge < -0.3 is 29.7 Å². The summed E-state index contributed by atoms with van der Waals surface area (Å²) in [7, 11) is 0. The monoisotopic (exact) mass is 449 g/mol. The molecule has 1 aliphatic heterocycles. The van der Waals surface area contributed by atoms with Gasteiger partial charge in [0.15, 0.2) is 17.5 Å². The van der Waals surface area contributed by atoms with E-state index >= 15 is 0 Å². The third-order valence-corrected chi connectivity index (χ3v) is 4.88. The Morgan fingerprint density at radius 2 is 1.91 bits per heavy atom. The number of ether oxygens (including phenoxy) is 3. The zero-order chi connectivity index (χ0) is 22.9. The van der Waals surface area contributed by atoms with Gasteiger partial charge >= 0.3 is 6.61 Å². The minimum absolute atomic E-state index is 0.0313. The van der Waals surface area contributed by atoms with E-state index < -0.39 is 6.61 Å². The molecule has 0 amide bonds. The van der Waals surface area contributed by atoms with E-state index in [1.165, 1.54) is 6.07 Å². The van der Waals surface area contributed by atoms with Crippen molar-refractivity contribution in [1.29, 1.82) is 0 Å². The van der Waals surface area contributed by atoms with Gasteiger partial charge in [-0.25, -0.2) is 9.98 Å². The van der Waals surface area contributed by atoms with E-state index in [9.17, 15) is 8.78 Å². The highest BCUT2D eigenvalue weighted by molar-refractivity contribution is 5.79. The van der Waals surface area contributed by atoms with Crippen molar-refractivity contribution in [3.63, 3.8) is 0 Å². The highest BCUT2D eigenvalue weighted by Gasteiger charge is 2.20. The average Bonchev–Trinajstić information content (AvgIpc) is 3.24. The summed E-state index contributed by atoms with van der Waals surface area (Å²) in [6, 6.07) is 7.03. The van der Waals surface area contributed by atoms with Crippen LogP contribution in [-0.4, -0.2) is 44.0 Å². The van der Waals surface area contributed by atoms with E-state index in [2.05, 4.69) is 44.1 Å². The third kappa shape index (κ3) is 6.12. The number of hydrogen-bond acceptors (Lipinski definition) is 6. The normalized spacial score (nSPS) is 12.8. The second-order valence-electron chi connectivity index (χ2n) is 6.94. The number of anilines is 1. The topological polar surface area (TPSA) is 80.2 Å². The Balaban J connectivity index is 1.68. The summed E-state index contributed by atoms with van der Waals surface area (Å²) in [6.07, 6.45) is 1.81. The highest BCUT2D eigenvalue weighted by Crippen LogP contribution is 2.38. The van der Waals surface area contributed by atoms with Crippen molar-refractivity contribution in [1.82, 2.24) is 15.6 Å². The van der Waals surface area contributed by atoms with Crippen LogP contribution in [0.2, 0.25) is 0 Å². The summed E-state index contributed by atoms with van der Waals surface area (Å²) in [5, 5.41) is 6.30. The SMILES string of the molecule is CCNC(=NCc1ccc(N(CC)CC)nc1)NCc1cc2c(cc1OC(F)F)OCO2. The molecule has 1 aliphatic rings. The van der Waals surface area contributed by atoms with E-state index in [1.807, 2.05) is 25.3 Å². The van der Waals surface area contributed by atoms with Gasteiger partial charge in [-0.15, -0.1) is 0 Å². The Morgan fingerprint density at radius 3 is 2.53 bits per heavy atom. The Hall–Kier alpha value is -3.30. The van der Waals surface area contributed by atoms with Gasteiger partial charge in [0.05, 0.1) is 6.54 Å². The summed E-state index contributed by atoms with van der Waals surface area (Å²) in [6.45, 7) is 6.31. The molecule has 0 spiro atoms. The van der Waals surface area contributed by atoms with Crippen LogP contribution in [0.15, 0.2) is 35.5 Å². The van der Waals surface area contributed by atoms with Crippen molar-refractivity contribution in [2.45, 2.75) is 40.5 Å². The molecule has 0 radical (unpaired) electrons. The molecule has 2 aromatic rings. The van der Waals surface area contributed by atoms with E-state index in [4.69, 9.17) is 9.47 Å². The number of nitrogens with zero attached hydrogens (tertiary/aromatic N) is 3. The molecule has 0 fully saturated rings. The fraction of sp³-hybridized carbons (Fsp3) is 0.455. The first-order valence-corrected chi connectivity index (χ1v) is 10.6. The number of benzene rings is 1. The number of rotatable bonds is 10. The Morgan fingerprint density at radius 1 is 1.16 bits per heavy atom. The molecule has 32 heavy (non-hydrogen) atoms. The molecule has 2 N–H and O–H groups in total. The largest absolute Gasteiger partial charge is 0.454 e. The number of fused-ring (bicyclic) bond motifs is 1. The fourth-order valence-electron chi connectivity index (χ4n) is 3.25. The van der Waals surface area contributed by atoms with Crippen LogP contribution in [0.3, 0.4) is 0 Å². The molecule has 0 atom stereocenters. The van der Waals surface area contributed by atoms with Crippen molar-refractivity contribution < 1.29 is 23.0 Å². The second-order valence-corrected chi connectivity index (χ2v) is 6.94. The number of guanidine groups is 1. The molecule has 0 unspecified atom stereocenters. The number of nitrogens with one attached hydrogen (secondary N) is 2. The first-order valence-electron chi connectivity index (χ1n) is 10.6. The van der Waals surface area contributed by atoms with Gasteiger partial charge in [-0.1, -0.05) is 6.07 Å². The quantitative estimate of drug-likeness (QED) is 0.424. The summed E-state index contributed by atoms with van der Waals surface area (Å²) in [5.41, 5.74) is 1.47. The average molecular weight is 450 g/mol. The van der Waals surface area contributed by atoms with Crippen LogP contribution in [0.4, 0.5) is 14.6 Å². The van der Waals surface area contributed by atoms with Gasteiger partial charge in [0.25, 0.3) is 0 Å². The van der Waals surface area contributed by atoms with Crippen molar-refractivity contribution in [3.05, 3.63) is 41.6 Å². The zero-order valence-electron chi connectivity index (χ0n) is 18.5. The lowest BCUT2D eigenvalue weighted by atomic mass is 10.1. The van der Waals surface area contributed by atoms with E-state index in [0.717, 1.165) is 24.5 Å². The Labute approximate surface area is 186 Å². The summed E-state index contributed by atoms with van der Waals surface area (Å²) in [5.74, 6) is 2.38. The molecule has 0 saturated carbocycles. The van der Waals surface area contributed by atoms with E-state index in [0.29, 0.717) is 36.1 Å². The van der Waals surface area contributed by atoms with Gasteiger partial charge in [-0.3, -0.25) is 0 Å². The molecule has 1 aromatic carbocycles. The van der Waals surface area contributed by atoms with Crippen LogP contribution < -0.4 is 29.7 Å². The molecule has 174 valence electrons. The standard InChI is InChI=1S/C22H29F2N5O3/c1-4-25-22(27-12-15-7-8-20(26-11-15)29(5-2)6-3)28-13-16-9-18-19(31-14-30-18)10-17(16)32-21(23)24/h7-11,21H,4-6,12-14H2,1-3H3,(H2,25,27,28). The van der Waals surface area contributed by atoms with Gasteiger partial charge in [0.2, 0.25) is 6.79 Å². The lowest BCUT2D eigenvalue weighted by molar-refractivity contribution is -0.0505. The lowest BCUT2D eigenvalue weighted by Gasteiger charge is -2.19. The maximum Gasteiger partial charge on any atom is 0.387 e. The van der Waals surface area contributed by atoms with Crippen molar-refractivity contribution in [3.8, 4) is 17.2 Å². The van der Waals surface area contributed by atoms with Gasteiger partial charge in [-0.2, -0.15) is 8.78 Å². The predicted molar refractivity (Wildman–Crippen MR) is 119 cm³/mol. The molecular formula is C22H29F2N5O3. The van der Waals surface area contributed by atoms with Crippen molar-refractivity contribution >= 4 is 11.8 Å². The van der Waals surface area contributed by atoms with Crippen LogP contribution in [0.1, 0.15) is 31.9 Å². The molecule has 0 bridgehead atoms. The Bertz CT molecular complexity index is 905. The minimum Gasteiger partial charge on any atom is -0.454 e. The van der Waals surface area contributed by atoms with Crippen LogP contribution in [0.25, 0.3) is 0 Å². The highest BCUT2D eigenvalue weighted by atomic mass is 19.3. The number of aliphatic imine (C=N–C) groups is 1. The number of aromatic nitrogens is 1. The third-order valence-electron chi connectivity index (χ3n) is 4.88. The maximum atomic E-state index is 12.8. The fourth-order valence-corrected chi connectivity index (χ4v) is 3.25. The Kier molecular flexibility index (Phi) is 8.29. The number of alkyl halides is 2. The van der Waals surface area contributed by atoms with Gasteiger partial charge in [0.1, 0.15) is 11.6 Å². The van der Waals surface area contributed by atoms with Crippen LogP contribution in [0, 0.1) is 0 Å². The molecule has 1 aromatic heterocycles. The summed E-state index contributed by atoms with van der Waals surface area (Å²) >= 11 is 0.